The maximum atomic E-state index is 6.08. The van der Waals surface area contributed by atoms with Crippen LogP contribution in [0.3, 0.4) is 0 Å². The van der Waals surface area contributed by atoms with Gasteiger partial charge in [-0.3, -0.25) is 0 Å². The van der Waals surface area contributed by atoms with Crippen molar-refractivity contribution in [2.75, 3.05) is 0 Å². The summed E-state index contributed by atoms with van der Waals surface area (Å²) in [5.74, 6) is 10.1. The molecule has 4 heterocycles. The summed E-state index contributed by atoms with van der Waals surface area (Å²) in [4.78, 5) is 0. The van der Waals surface area contributed by atoms with Gasteiger partial charge in [0, 0.05) is 21.9 Å². The average molecular weight is 1570 g/mol. The number of hydrogen-bond acceptors (Lipinski definition) is 4. The van der Waals surface area contributed by atoms with Gasteiger partial charge in [0.15, 0.2) is 0 Å². The molecule has 9 atom stereocenters. The number of ether oxygens (including phenoxy) is 3. The summed E-state index contributed by atoms with van der Waals surface area (Å²) < 4.78 is 23.9. The van der Waals surface area contributed by atoms with Crippen LogP contribution in [0.15, 0.2) is 95.4 Å². The van der Waals surface area contributed by atoms with Crippen LogP contribution >= 0.6 is 0 Å². The Hall–Kier alpha value is -7.82. The Labute approximate surface area is 711 Å². The molecule has 0 bridgehead atoms. The first-order chi connectivity index (χ1) is 55.1. The molecule has 2 fully saturated rings. The van der Waals surface area contributed by atoms with Gasteiger partial charge < -0.3 is 18.6 Å². The standard InChI is InChI=1S/C17H18O.C16H16O.3C14H20.2C13H18O.C12H22/c1-10-5-7-14-15-8-6-11(2)13(4)17(15)18-9-16(14)12(10)3;1-9-5-7-13-14-8-6-10(2)12(4)16(14)17-15(13)11(9)3;2*1-9-6-7-12-8-10(2)14(4,5)13(12)11(9)3;1-9-5-6-13-8-10(2)11(3)12(4)14(13)7-9;2*1-8-7-12-6-5-9(2)14-13(12)11(4)10(8)3;1-9-3-5-12-8-10(2)4-6-11(12)7-9/h5-8H,9H2,1-4H3;5-8H,1-4H3;2*6-7,10H,8H2,1-5H3;8-9H,5-7H2,1-4H3;2*7,9H,5-6H2,1-4H3;9-12H,3-8H2,1-2H3. The van der Waals surface area contributed by atoms with Crippen LogP contribution in [0.4, 0.5) is 0 Å². The van der Waals surface area contributed by atoms with E-state index in [4.69, 9.17) is 18.6 Å². The van der Waals surface area contributed by atoms with Crippen LogP contribution in [0.1, 0.15) is 301 Å². The second-order valence-electron chi connectivity index (χ2n) is 39.9. The molecule has 4 heteroatoms. The van der Waals surface area contributed by atoms with Crippen molar-refractivity contribution in [2.24, 2.45) is 41.4 Å². The van der Waals surface area contributed by atoms with Gasteiger partial charge in [0.25, 0.3) is 0 Å². The van der Waals surface area contributed by atoms with E-state index in [9.17, 15) is 0 Å². The Morgan fingerprint density at radius 2 is 0.667 bits per heavy atom. The molecule has 0 saturated heterocycles. The fourth-order valence-electron chi connectivity index (χ4n) is 20.7. The minimum atomic E-state index is 0.367. The molecule has 0 radical (unpaired) electrons. The molecule has 1 aromatic heterocycles. The average Bonchev–Trinajstić information content (AvgIpc) is 1.64. The summed E-state index contributed by atoms with van der Waals surface area (Å²) in [5, 5.41) is 2.46. The van der Waals surface area contributed by atoms with Crippen LogP contribution in [0.5, 0.6) is 17.2 Å². The Balaban J connectivity index is 0.000000132. The minimum absolute atomic E-state index is 0.367. The molecule has 4 nitrogen and oxygen atoms in total. The van der Waals surface area contributed by atoms with Crippen LogP contribution in [0.25, 0.3) is 33.1 Å². The highest BCUT2D eigenvalue weighted by atomic mass is 16.5. The number of furan rings is 1. The highest BCUT2D eigenvalue weighted by Crippen LogP contribution is 2.49. The lowest BCUT2D eigenvalue weighted by molar-refractivity contribution is 0.109. The zero-order valence-electron chi connectivity index (χ0n) is 79.3. The maximum absolute atomic E-state index is 6.08. The first-order valence-electron chi connectivity index (χ1n) is 45.6. The summed E-state index contributed by atoms with van der Waals surface area (Å²) >= 11 is 0. The van der Waals surface area contributed by atoms with Crippen LogP contribution in [0.2, 0.25) is 0 Å². The van der Waals surface area contributed by atoms with Crippen molar-refractivity contribution in [3.05, 3.63) is 258 Å². The Morgan fingerprint density at radius 3 is 1.12 bits per heavy atom. The van der Waals surface area contributed by atoms with Crippen molar-refractivity contribution in [1.82, 2.24) is 0 Å². The minimum Gasteiger partial charge on any atom is -0.490 e. The second-order valence-corrected chi connectivity index (χ2v) is 39.9. The SMILES string of the molecule is CC1CCC2CC(C)CCC2C1.Cc1cc2c(c(C)c1C)CC(C)CC2.Cc1cc2c(c(C)c1C)OC(C)CC2.Cc1cc2c(c(C)c1C)OC(C)CC2.Cc1ccc2c(c1C)C(C)(C)C(C)C2.Cc1ccc2c(c1C)C(C)(C)C(C)C2.Cc1ccc2c(c1C)COc1c-2ccc(C)c1C.Cc1ccc2c(oc3c(C)c(C)ccc32)c1C. The number of benzene rings is 9. The van der Waals surface area contributed by atoms with Gasteiger partial charge in [-0.05, 0) is 462 Å². The van der Waals surface area contributed by atoms with Gasteiger partial charge in [-0.2, -0.15) is 0 Å². The molecule has 9 aromatic carbocycles. The number of hydrogen-bond donors (Lipinski definition) is 0. The Morgan fingerprint density at radius 1 is 0.291 bits per heavy atom. The number of fused-ring (bicyclic) bond motifs is 12. The number of aryl methyl sites for hydroxylation is 14. The van der Waals surface area contributed by atoms with Crippen LogP contribution < -0.4 is 14.2 Å². The molecule has 18 rings (SSSR count). The van der Waals surface area contributed by atoms with Crippen molar-refractivity contribution < 1.29 is 18.6 Å². The second kappa shape index (κ2) is 37.0. The van der Waals surface area contributed by atoms with Crippen LogP contribution in [0, 0.1) is 187 Å². The molecule has 117 heavy (non-hydrogen) atoms. The third-order valence-corrected chi connectivity index (χ3v) is 31.1. The highest BCUT2D eigenvalue weighted by Gasteiger charge is 2.40. The topological polar surface area (TPSA) is 40.8 Å². The predicted octanol–water partition coefficient (Wildman–Crippen LogP) is 31.1. The van der Waals surface area contributed by atoms with Gasteiger partial charge in [0.2, 0.25) is 0 Å². The van der Waals surface area contributed by atoms with Gasteiger partial charge in [0.05, 0.1) is 12.2 Å². The summed E-state index contributed by atoms with van der Waals surface area (Å²) in [6.07, 6.45) is 21.0. The molecule has 0 N–H and O–H groups in total. The van der Waals surface area contributed by atoms with Gasteiger partial charge >= 0.3 is 0 Å². The largest absolute Gasteiger partial charge is 0.490 e. The first-order valence-corrected chi connectivity index (χ1v) is 45.6. The molecule has 0 amide bonds. The molecule has 0 spiro atoms. The van der Waals surface area contributed by atoms with E-state index in [2.05, 4.69) is 313 Å². The van der Waals surface area contributed by atoms with E-state index in [0.29, 0.717) is 29.6 Å². The molecule has 3 aliphatic heterocycles. The molecule has 5 aliphatic carbocycles. The zero-order chi connectivity index (χ0) is 85.5. The van der Waals surface area contributed by atoms with E-state index in [1.807, 2.05) is 0 Å². The monoisotopic (exact) mass is 1570 g/mol. The summed E-state index contributed by atoms with van der Waals surface area (Å²) in [5.41, 5.74) is 48.0. The van der Waals surface area contributed by atoms with Crippen LogP contribution in [-0.2, 0) is 56.0 Å². The third-order valence-electron chi connectivity index (χ3n) is 31.1. The highest BCUT2D eigenvalue weighted by molar-refractivity contribution is 6.07. The Bertz CT molecular complexity index is 4880. The maximum Gasteiger partial charge on any atom is 0.138 e. The van der Waals surface area contributed by atoms with Gasteiger partial charge in [0.1, 0.15) is 35.0 Å². The van der Waals surface area contributed by atoms with E-state index in [1.165, 1.54) is 233 Å². The predicted molar refractivity (Wildman–Crippen MR) is 504 cm³/mol. The van der Waals surface area contributed by atoms with Crippen molar-refractivity contribution >= 4 is 21.9 Å². The lowest BCUT2D eigenvalue weighted by Crippen LogP contribution is -2.29. The Kier molecular flexibility index (Phi) is 28.5. The van der Waals surface area contributed by atoms with Crippen LogP contribution in [-0.4, -0.2) is 12.2 Å². The normalized spacial score (nSPS) is 21.6. The fraction of sp³-hybridized carbons (Fsp3) is 0.522. The summed E-state index contributed by atoms with van der Waals surface area (Å²) in [6, 6.07) is 33.6. The van der Waals surface area contributed by atoms with E-state index < -0.39 is 0 Å². The molecule has 10 aromatic rings. The van der Waals surface area contributed by atoms with E-state index in [0.717, 1.165) is 82.7 Å². The van der Waals surface area contributed by atoms with Crippen molar-refractivity contribution in [3.8, 4) is 28.4 Å². The van der Waals surface area contributed by atoms with E-state index in [-0.39, 0.29) is 0 Å². The zero-order valence-corrected chi connectivity index (χ0v) is 79.3. The molecule has 8 aliphatic rings. The van der Waals surface area contributed by atoms with Crippen molar-refractivity contribution in [2.45, 2.75) is 348 Å². The lowest BCUT2D eigenvalue weighted by Gasteiger charge is -2.40. The van der Waals surface area contributed by atoms with Gasteiger partial charge in [-0.1, -0.05) is 166 Å². The van der Waals surface area contributed by atoms with Gasteiger partial charge in [-0.15, -0.1) is 0 Å². The first kappa shape index (κ1) is 90.0. The quantitative estimate of drug-likeness (QED) is 0.152. The fourth-order valence-corrected chi connectivity index (χ4v) is 20.7. The van der Waals surface area contributed by atoms with Crippen molar-refractivity contribution in [1.29, 1.82) is 0 Å². The molecular formula is C113H152O4. The number of rotatable bonds is 0. The molecule has 2 saturated carbocycles. The summed E-state index contributed by atoms with van der Waals surface area (Å²) in [7, 11) is 0. The smallest absolute Gasteiger partial charge is 0.138 e. The van der Waals surface area contributed by atoms with Gasteiger partial charge in [-0.25, -0.2) is 0 Å². The van der Waals surface area contributed by atoms with E-state index >= 15 is 0 Å². The lowest BCUT2D eigenvalue weighted by atomic mass is 9.65. The summed E-state index contributed by atoms with van der Waals surface area (Å²) in [6.45, 7) is 72.4. The molecule has 628 valence electrons. The third kappa shape index (κ3) is 19.2. The molecular weight excluding hydrogens is 1420 g/mol. The van der Waals surface area contributed by atoms with Crippen molar-refractivity contribution in [3.63, 3.8) is 0 Å². The molecule has 9 unspecified atom stereocenters. The van der Waals surface area contributed by atoms with E-state index in [1.54, 1.807) is 38.9 Å².